The maximum atomic E-state index is 10.1. The minimum Gasteiger partial charge on any atom is -0.491 e. The Morgan fingerprint density at radius 1 is 1.17 bits per heavy atom. The van der Waals surface area contributed by atoms with Gasteiger partial charge in [-0.25, -0.2) is 0 Å². The molecule has 1 saturated heterocycles. The van der Waals surface area contributed by atoms with Crippen LogP contribution in [0.25, 0.3) is 0 Å². The predicted octanol–water partition coefficient (Wildman–Crippen LogP) is 1.77. The fourth-order valence-electron chi connectivity index (χ4n) is 3.45. The van der Waals surface area contributed by atoms with Crippen LogP contribution in [0, 0.1) is 11.8 Å². The van der Waals surface area contributed by atoms with E-state index in [1.165, 1.54) is 11.3 Å². The van der Waals surface area contributed by atoms with Crippen molar-refractivity contribution in [2.75, 3.05) is 39.5 Å². The Morgan fingerprint density at radius 3 is 2.48 bits per heavy atom. The molecule has 23 heavy (non-hydrogen) atoms. The summed E-state index contributed by atoms with van der Waals surface area (Å²) < 4.78 is 12.2. The van der Waals surface area contributed by atoms with Crippen molar-refractivity contribution in [3.63, 3.8) is 0 Å². The molecule has 1 aromatic carbocycles. The lowest BCUT2D eigenvalue weighted by Crippen LogP contribution is -3.15. The zero-order chi connectivity index (χ0) is 16.7. The Morgan fingerprint density at radius 2 is 1.83 bits per heavy atom. The van der Waals surface area contributed by atoms with Gasteiger partial charge in [-0.3, -0.25) is 0 Å². The Bertz CT molecular complexity index is 444. The molecule has 5 heteroatoms. The molecule has 1 aliphatic heterocycles. The van der Waals surface area contributed by atoms with E-state index in [4.69, 9.17) is 9.47 Å². The van der Waals surface area contributed by atoms with Gasteiger partial charge in [-0.05, 0) is 30.7 Å². The number of likely N-dealkylation sites (tertiary alicyclic amines) is 1. The maximum Gasteiger partial charge on any atom is 0.126 e. The molecule has 0 spiro atoms. The average molecular weight is 387 g/mol. The predicted molar refractivity (Wildman–Crippen MR) is 95.0 cm³/mol. The molecule has 0 unspecified atom stereocenters. The largest absolute Gasteiger partial charge is 0.491 e. The van der Waals surface area contributed by atoms with E-state index >= 15 is 0 Å². The number of aliphatic hydroxyl groups excluding tert-OH is 1. The molecule has 0 saturated carbocycles. The second-order valence-electron chi connectivity index (χ2n) is 6.84. The lowest BCUT2D eigenvalue weighted by Gasteiger charge is -2.33. The maximum absolute atomic E-state index is 10.1. The zero-order valence-electron chi connectivity index (χ0n) is 14.1. The van der Waals surface area contributed by atoms with Gasteiger partial charge in [0.05, 0.1) is 26.3 Å². The van der Waals surface area contributed by atoms with Gasteiger partial charge in [0.15, 0.2) is 0 Å². The summed E-state index contributed by atoms with van der Waals surface area (Å²) in [7, 11) is 0. The molecule has 2 N–H and O–H groups in total. The van der Waals surface area contributed by atoms with Crippen LogP contribution >= 0.6 is 15.9 Å². The van der Waals surface area contributed by atoms with Crippen molar-refractivity contribution in [1.29, 1.82) is 0 Å². The van der Waals surface area contributed by atoms with Crippen molar-refractivity contribution in [2.45, 2.75) is 26.4 Å². The molecule has 1 fully saturated rings. The number of aliphatic hydroxyl groups is 1. The summed E-state index contributed by atoms with van der Waals surface area (Å²) in [5.74, 6) is 2.33. The third-order valence-corrected chi connectivity index (χ3v) is 4.75. The summed E-state index contributed by atoms with van der Waals surface area (Å²) in [6.45, 7) is 9.09. The van der Waals surface area contributed by atoms with Gasteiger partial charge in [-0.2, -0.15) is 0 Å². The minimum atomic E-state index is -0.393. The fraction of sp³-hybridized carbons (Fsp3) is 0.667. The van der Waals surface area contributed by atoms with Gasteiger partial charge >= 0.3 is 0 Å². The van der Waals surface area contributed by atoms with Crippen LogP contribution in [0.4, 0.5) is 0 Å². The standard InChI is InChI=1S/C18H28BrNO3/c1-14-9-15(2)11-20(10-14)12-17(21)13-22-7-8-23-18-5-3-16(19)4-6-18/h3-6,14-15,17,21H,7-13H2,1-2H3/p+1/t14-,15-,17+/m1/s1. The third-order valence-electron chi connectivity index (χ3n) is 4.22. The molecule has 2 rings (SSSR count). The highest BCUT2D eigenvalue weighted by atomic mass is 79.9. The number of ether oxygens (including phenoxy) is 2. The number of benzene rings is 1. The molecule has 0 aromatic heterocycles. The second kappa shape index (κ2) is 9.62. The topological polar surface area (TPSA) is 43.1 Å². The number of halogens is 1. The third kappa shape index (κ3) is 7.21. The van der Waals surface area contributed by atoms with Crippen LogP contribution in [0.2, 0.25) is 0 Å². The van der Waals surface area contributed by atoms with Crippen LogP contribution in [0.5, 0.6) is 5.75 Å². The summed E-state index contributed by atoms with van der Waals surface area (Å²) in [4.78, 5) is 1.50. The van der Waals surface area contributed by atoms with E-state index in [-0.39, 0.29) is 0 Å². The number of rotatable bonds is 8. The number of hydrogen-bond acceptors (Lipinski definition) is 3. The number of nitrogens with one attached hydrogen (secondary N) is 1. The van der Waals surface area contributed by atoms with Crippen molar-refractivity contribution in [3.05, 3.63) is 28.7 Å². The first kappa shape index (κ1) is 18.7. The van der Waals surface area contributed by atoms with E-state index in [9.17, 15) is 5.11 Å². The smallest absolute Gasteiger partial charge is 0.126 e. The summed E-state index contributed by atoms with van der Waals surface area (Å²) >= 11 is 3.39. The fourth-order valence-corrected chi connectivity index (χ4v) is 3.71. The van der Waals surface area contributed by atoms with E-state index in [0.717, 1.165) is 41.7 Å². The first-order valence-corrected chi connectivity index (χ1v) is 9.30. The molecule has 0 aliphatic carbocycles. The quantitative estimate of drug-likeness (QED) is 0.669. The van der Waals surface area contributed by atoms with Gasteiger partial charge in [-0.15, -0.1) is 0 Å². The molecule has 4 nitrogen and oxygen atoms in total. The first-order valence-electron chi connectivity index (χ1n) is 8.50. The van der Waals surface area contributed by atoms with Crippen molar-refractivity contribution >= 4 is 15.9 Å². The monoisotopic (exact) mass is 386 g/mol. The highest BCUT2D eigenvalue weighted by molar-refractivity contribution is 9.10. The second-order valence-corrected chi connectivity index (χ2v) is 7.76. The Balaban J connectivity index is 1.56. The van der Waals surface area contributed by atoms with Crippen LogP contribution < -0.4 is 9.64 Å². The van der Waals surface area contributed by atoms with Crippen LogP contribution in [0.1, 0.15) is 20.3 Å². The number of quaternary nitrogens is 1. The lowest BCUT2D eigenvalue weighted by molar-refractivity contribution is -0.915. The van der Waals surface area contributed by atoms with Gasteiger partial charge in [0.25, 0.3) is 0 Å². The molecule has 0 amide bonds. The van der Waals surface area contributed by atoms with Gasteiger partial charge in [0.1, 0.15) is 25.0 Å². The Labute approximate surface area is 147 Å². The normalized spacial score (nSPS) is 26.0. The van der Waals surface area contributed by atoms with E-state index in [1.807, 2.05) is 24.3 Å². The van der Waals surface area contributed by atoms with Gasteiger partial charge < -0.3 is 19.5 Å². The summed E-state index contributed by atoms with van der Waals surface area (Å²) in [5.41, 5.74) is 0. The van der Waals surface area contributed by atoms with Gasteiger partial charge in [-0.1, -0.05) is 29.8 Å². The van der Waals surface area contributed by atoms with Crippen LogP contribution in [-0.2, 0) is 4.74 Å². The summed E-state index contributed by atoms with van der Waals surface area (Å²) in [5, 5.41) is 10.1. The van der Waals surface area contributed by atoms with Crippen LogP contribution in [0.3, 0.4) is 0 Å². The van der Waals surface area contributed by atoms with Crippen molar-refractivity contribution in [2.24, 2.45) is 11.8 Å². The summed E-state index contributed by atoms with van der Waals surface area (Å²) in [6.07, 6.45) is 0.916. The molecule has 130 valence electrons. The highest BCUT2D eigenvalue weighted by Gasteiger charge is 2.26. The zero-order valence-corrected chi connectivity index (χ0v) is 15.7. The minimum absolute atomic E-state index is 0.385. The van der Waals surface area contributed by atoms with E-state index in [2.05, 4.69) is 29.8 Å². The SMILES string of the molecule is C[C@@H]1C[C@@H](C)C[NH+](C[C@H](O)COCCOc2ccc(Br)cc2)C1. The van der Waals surface area contributed by atoms with Crippen LogP contribution in [0.15, 0.2) is 28.7 Å². The van der Waals surface area contributed by atoms with Crippen molar-refractivity contribution in [3.8, 4) is 5.75 Å². The Kier molecular flexibility index (Phi) is 7.83. The van der Waals surface area contributed by atoms with Gasteiger partial charge in [0, 0.05) is 16.3 Å². The summed E-state index contributed by atoms with van der Waals surface area (Å²) in [6, 6.07) is 7.73. The molecule has 1 heterocycles. The van der Waals surface area contributed by atoms with Gasteiger partial charge in [0.2, 0.25) is 0 Å². The first-order chi connectivity index (χ1) is 11.0. The number of hydrogen-bond donors (Lipinski definition) is 2. The van der Waals surface area contributed by atoms with E-state index in [1.54, 1.807) is 0 Å². The molecular formula is C18H29BrNO3+. The lowest BCUT2D eigenvalue weighted by atomic mass is 9.92. The molecular weight excluding hydrogens is 358 g/mol. The molecule has 0 bridgehead atoms. The average Bonchev–Trinajstić information content (AvgIpc) is 2.47. The molecule has 0 radical (unpaired) electrons. The van der Waals surface area contributed by atoms with E-state index < -0.39 is 6.10 Å². The van der Waals surface area contributed by atoms with E-state index in [0.29, 0.717) is 19.8 Å². The van der Waals surface area contributed by atoms with Crippen LogP contribution in [-0.4, -0.2) is 50.7 Å². The molecule has 3 atom stereocenters. The molecule has 1 aromatic rings. The molecule has 1 aliphatic rings. The Hall–Kier alpha value is -0.620. The van der Waals surface area contributed by atoms with Crippen molar-refractivity contribution in [1.82, 2.24) is 0 Å². The van der Waals surface area contributed by atoms with Crippen molar-refractivity contribution < 1.29 is 19.5 Å². The number of piperidine rings is 1. The highest BCUT2D eigenvalue weighted by Crippen LogP contribution is 2.15.